The summed E-state index contributed by atoms with van der Waals surface area (Å²) in [5, 5.41) is 8.26. The molecule has 1 fully saturated rings. The minimum absolute atomic E-state index is 0.0239. The van der Waals surface area contributed by atoms with Crippen molar-refractivity contribution in [1.82, 2.24) is 20.2 Å². The van der Waals surface area contributed by atoms with Gasteiger partial charge in [-0.25, -0.2) is 0 Å². The Hall–Kier alpha value is -5.05. The van der Waals surface area contributed by atoms with E-state index in [0.717, 1.165) is 70.5 Å². The number of carbonyl (C=O) groups is 2. The highest BCUT2D eigenvalue weighted by Crippen LogP contribution is 2.41. The van der Waals surface area contributed by atoms with Crippen LogP contribution in [0.3, 0.4) is 0 Å². The fourth-order valence-electron chi connectivity index (χ4n) is 6.76. The van der Waals surface area contributed by atoms with Gasteiger partial charge in [0.1, 0.15) is 5.69 Å². The minimum Gasteiger partial charge on any atom is -0.370 e. The molecule has 1 saturated heterocycles. The van der Waals surface area contributed by atoms with Gasteiger partial charge in [-0.2, -0.15) is 0 Å². The van der Waals surface area contributed by atoms with Crippen LogP contribution >= 0.6 is 23.2 Å². The maximum absolute atomic E-state index is 14.6. The highest BCUT2D eigenvalue weighted by Gasteiger charge is 2.29. The lowest BCUT2D eigenvalue weighted by atomic mass is 9.95. The molecule has 1 aliphatic heterocycles. The van der Waals surface area contributed by atoms with Gasteiger partial charge < -0.3 is 25.4 Å². The number of fused-ring (bicyclic) bond motifs is 1. The van der Waals surface area contributed by atoms with Gasteiger partial charge in [-0.1, -0.05) is 78.3 Å². The fraction of sp³-hybridized carbons (Fsp3) is 0.225. The van der Waals surface area contributed by atoms with Crippen molar-refractivity contribution in [2.75, 3.05) is 23.3 Å². The summed E-state index contributed by atoms with van der Waals surface area (Å²) in [6, 6.07) is 25.4. The molecule has 0 aliphatic carbocycles. The number of piperidine rings is 1. The van der Waals surface area contributed by atoms with E-state index in [2.05, 4.69) is 63.0 Å². The van der Waals surface area contributed by atoms with E-state index in [1.165, 1.54) is 0 Å². The summed E-state index contributed by atoms with van der Waals surface area (Å²) < 4.78 is 0. The maximum atomic E-state index is 14.6. The lowest BCUT2D eigenvalue weighted by Crippen LogP contribution is -2.44. The highest BCUT2D eigenvalue weighted by atomic mass is 35.5. The van der Waals surface area contributed by atoms with Gasteiger partial charge in [0.25, 0.3) is 5.91 Å². The molecule has 1 atom stereocenters. The number of carbonyl (C=O) groups excluding carboxylic acids is 2. The Labute approximate surface area is 302 Å². The van der Waals surface area contributed by atoms with Crippen LogP contribution in [0.4, 0.5) is 11.4 Å². The third kappa shape index (κ3) is 7.42. The van der Waals surface area contributed by atoms with Crippen molar-refractivity contribution < 1.29 is 9.59 Å². The smallest absolute Gasteiger partial charge is 0.272 e. The Morgan fingerprint density at radius 2 is 1.70 bits per heavy atom. The number of hydrogen-bond acceptors (Lipinski definition) is 5. The Balaban J connectivity index is 1.46. The molecule has 3 heterocycles. The molecule has 1 unspecified atom stereocenters. The number of aromatic amines is 1. The van der Waals surface area contributed by atoms with Crippen LogP contribution in [0.1, 0.15) is 66.8 Å². The molecule has 1 aliphatic rings. The van der Waals surface area contributed by atoms with Gasteiger partial charge in [0.05, 0.1) is 29.3 Å². The zero-order chi connectivity index (χ0) is 35.4. The van der Waals surface area contributed by atoms with Crippen molar-refractivity contribution in [3.05, 3.63) is 136 Å². The van der Waals surface area contributed by atoms with Crippen LogP contribution in [-0.4, -0.2) is 45.8 Å². The van der Waals surface area contributed by atoms with Gasteiger partial charge in [-0.3, -0.25) is 14.6 Å². The van der Waals surface area contributed by atoms with E-state index in [0.29, 0.717) is 21.4 Å². The van der Waals surface area contributed by atoms with Gasteiger partial charge in [-0.05, 0) is 79.9 Å². The summed E-state index contributed by atoms with van der Waals surface area (Å²) in [5.74, 6) is -0.347. The van der Waals surface area contributed by atoms with E-state index in [1.807, 2.05) is 66.7 Å². The van der Waals surface area contributed by atoms with Crippen molar-refractivity contribution in [1.29, 1.82) is 0 Å². The number of aromatic nitrogens is 2. The van der Waals surface area contributed by atoms with Crippen LogP contribution in [0.25, 0.3) is 22.2 Å². The highest BCUT2D eigenvalue weighted by molar-refractivity contribution is 6.31. The van der Waals surface area contributed by atoms with E-state index in [9.17, 15) is 9.59 Å². The molecule has 0 saturated carbocycles. The number of allylic oxidation sites excluding steroid dienone is 1. The van der Waals surface area contributed by atoms with Gasteiger partial charge in [0, 0.05) is 58.8 Å². The predicted molar refractivity (Wildman–Crippen MR) is 205 cm³/mol. The summed E-state index contributed by atoms with van der Waals surface area (Å²) >= 11 is 12.8. The molecule has 5 aromatic rings. The number of H-pyrrole nitrogens is 1. The Bertz CT molecular complexity index is 2050. The standard InChI is InChI=1S/C40H40Cl2N6O2/c1-5-48(26(3)29-11-13-30(41)14-12-29)39(25(2)28-9-7-6-8-10-28)37-33-16-15-31(42)23-34(33)45-38(37)40(50)46-35-24-43-20-17-36(35)47-21-18-32(19-22-47)44-27(4)49/h5-17,20,23-24,26,32,45H,1,18-19,21-22H2,2-4H3,(H,44,49)(H,46,50)/b39-25+. The quantitative estimate of drug-likeness (QED) is 0.135. The molecular formula is C40H40Cl2N6O2. The van der Waals surface area contributed by atoms with E-state index in [4.69, 9.17) is 23.2 Å². The molecule has 3 aromatic carbocycles. The Morgan fingerprint density at radius 1 is 1.00 bits per heavy atom. The van der Waals surface area contributed by atoms with Gasteiger partial charge in [0.2, 0.25) is 5.91 Å². The molecule has 0 radical (unpaired) electrons. The number of anilines is 2. The second-order valence-electron chi connectivity index (χ2n) is 12.5. The van der Waals surface area contributed by atoms with Crippen molar-refractivity contribution in [2.24, 2.45) is 0 Å². The van der Waals surface area contributed by atoms with Crippen molar-refractivity contribution in [3.8, 4) is 0 Å². The zero-order valence-corrected chi connectivity index (χ0v) is 29.9. The molecule has 50 heavy (non-hydrogen) atoms. The summed E-state index contributed by atoms with van der Waals surface area (Å²) in [6.07, 6.45) is 6.82. The lowest BCUT2D eigenvalue weighted by molar-refractivity contribution is -0.119. The monoisotopic (exact) mass is 706 g/mol. The normalized spacial score (nSPS) is 14.5. The fourth-order valence-corrected chi connectivity index (χ4v) is 7.06. The molecule has 8 nitrogen and oxygen atoms in total. The molecular weight excluding hydrogens is 667 g/mol. The van der Waals surface area contributed by atoms with Crippen LogP contribution in [0, 0.1) is 0 Å². The second-order valence-corrected chi connectivity index (χ2v) is 13.4. The van der Waals surface area contributed by atoms with Gasteiger partial charge in [0.15, 0.2) is 0 Å². The average Bonchev–Trinajstić information content (AvgIpc) is 3.49. The predicted octanol–water partition coefficient (Wildman–Crippen LogP) is 9.32. The molecule has 6 rings (SSSR count). The first-order chi connectivity index (χ1) is 24.1. The second kappa shape index (κ2) is 15.2. The first-order valence-electron chi connectivity index (χ1n) is 16.7. The number of benzene rings is 3. The number of halogens is 2. The number of pyridine rings is 1. The van der Waals surface area contributed by atoms with Crippen LogP contribution in [-0.2, 0) is 4.79 Å². The van der Waals surface area contributed by atoms with Crippen LogP contribution in [0.15, 0.2) is 104 Å². The van der Waals surface area contributed by atoms with Crippen LogP contribution in [0.5, 0.6) is 0 Å². The number of hydrogen-bond donors (Lipinski definition) is 3. The first kappa shape index (κ1) is 34.8. The number of nitrogens with one attached hydrogen (secondary N) is 3. The number of rotatable bonds is 10. The third-order valence-corrected chi connectivity index (χ3v) is 9.79. The minimum atomic E-state index is -0.323. The molecule has 10 heteroatoms. The van der Waals surface area contributed by atoms with E-state index in [-0.39, 0.29) is 23.9 Å². The summed E-state index contributed by atoms with van der Waals surface area (Å²) in [7, 11) is 0. The SMILES string of the molecule is C=CN(/C(=C(\C)c1ccccc1)c1c(C(=O)Nc2cnccc2N2CCC(NC(C)=O)CC2)[nH]c2cc(Cl)ccc12)C(C)c1ccc(Cl)cc1. The average molecular weight is 708 g/mol. The molecule has 2 amide bonds. The van der Waals surface area contributed by atoms with Crippen molar-refractivity contribution in [2.45, 2.75) is 45.7 Å². The zero-order valence-electron chi connectivity index (χ0n) is 28.3. The van der Waals surface area contributed by atoms with Crippen LogP contribution < -0.4 is 15.5 Å². The van der Waals surface area contributed by atoms with Crippen molar-refractivity contribution >= 4 is 68.6 Å². The summed E-state index contributed by atoms with van der Waals surface area (Å²) in [6.45, 7) is 11.4. The van der Waals surface area contributed by atoms with E-state index in [1.54, 1.807) is 25.5 Å². The summed E-state index contributed by atoms with van der Waals surface area (Å²) in [5.41, 5.74) is 7.10. The lowest BCUT2D eigenvalue weighted by Gasteiger charge is -2.34. The van der Waals surface area contributed by atoms with Crippen molar-refractivity contribution in [3.63, 3.8) is 0 Å². The van der Waals surface area contributed by atoms with E-state index < -0.39 is 0 Å². The molecule has 3 N–H and O–H groups in total. The third-order valence-electron chi connectivity index (χ3n) is 9.30. The summed E-state index contributed by atoms with van der Waals surface area (Å²) in [4.78, 5) is 38.3. The Morgan fingerprint density at radius 3 is 2.38 bits per heavy atom. The van der Waals surface area contributed by atoms with E-state index >= 15 is 0 Å². The molecule has 0 bridgehead atoms. The van der Waals surface area contributed by atoms with Gasteiger partial charge >= 0.3 is 0 Å². The molecule has 256 valence electrons. The van der Waals surface area contributed by atoms with Crippen LogP contribution in [0.2, 0.25) is 10.0 Å². The number of nitrogens with zero attached hydrogens (tertiary/aromatic N) is 3. The molecule has 0 spiro atoms. The number of amides is 2. The topological polar surface area (TPSA) is 93.4 Å². The molecule has 2 aromatic heterocycles. The maximum Gasteiger partial charge on any atom is 0.272 e. The Kier molecular flexibility index (Phi) is 10.6. The first-order valence-corrected chi connectivity index (χ1v) is 17.4. The van der Waals surface area contributed by atoms with Gasteiger partial charge in [-0.15, -0.1) is 0 Å². The largest absolute Gasteiger partial charge is 0.370 e.